The summed E-state index contributed by atoms with van der Waals surface area (Å²) in [6, 6.07) is 0.745. The van der Waals surface area contributed by atoms with Crippen molar-refractivity contribution >= 4 is 0 Å². The Kier molecular flexibility index (Phi) is 7.18. The van der Waals surface area contributed by atoms with Crippen LogP contribution in [0.1, 0.15) is 72.6 Å². The van der Waals surface area contributed by atoms with Crippen molar-refractivity contribution in [2.75, 3.05) is 6.54 Å². The van der Waals surface area contributed by atoms with E-state index in [1.165, 1.54) is 51.5 Å². The first-order chi connectivity index (χ1) is 8.13. The summed E-state index contributed by atoms with van der Waals surface area (Å²) in [7, 11) is 0. The molecule has 1 fully saturated rings. The third-order valence-corrected chi connectivity index (χ3v) is 4.48. The molecule has 0 aromatic heterocycles. The minimum atomic E-state index is 0.745. The van der Waals surface area contributed by atoms with Crippen LogP contribution in [0.4, 0.5) is 0 Å². The van der Waals surface area contributed by atoms with Gasteiger partial charge in [-0.25, -0.2) is 0 Å². The second-order valence-corrected chi connectivity index (χ2v) is 6.51. The molecule has 1 N–H and O–H groups in total. The molecule has 0 aliphatic heterocycles. The van der Waals surface area contributed by atoms with Crippen LogP contribution >= 0.6 is 0 Å². The van der Waals surface area contributed by atoms with Gasteiger partial charge in [-0.1, -0.05) is 53.4 Å². The lowest BCUT2D eigenvalue weighted by atomic mass is 9.80. The van der Waals surface area contributed by atoms with Crippen LogP contribution in [-0.4, -0.2) is 12.6 Å². The predicted molar refractivity (Wildman–Crippen MR) is 77.3 cm³/mol. The van der Waals surface area contributed by atoms with E-state index in [1.807, 2.05) is 0 Å². The second-order valence-electron chi connectivity index (χ2n) is 6.51. The first-order valence-electron chi connectivity index (χ1n) is 7.86. The van der Waals surface area contributed by atoms with Gasteiger partial charge in [0.2, 0.25) is 0 Å². The topological polar surface area (TPSA) is 12.0 Å². The molecule has 1 rings (SSSR count). The Morgan fingerprint density at radius 1 is 1.12 bits per heavy atom. The van der Waals surface area contributed by atoms with E-state index in [2.05, 4.69) is 33.0 Å². The SMILES string of the molecule is CCCNC(CCC1CCC(C)CC1)C(C)C. The average Bonchev–Trinajstić information content (AvgIpc) is 2.31. The molecule has 102 valence electrons. The highest BCUT2D eigenvalue weighted by Crippen LogP contribution is 2.31. The van der Waals surface area contributed by atoms with E-state index < -0.39 is 0 Å². The lowest BCUT2D eigenvalue weighted by Crippen LogP contribution is -2.35. The maximum absolute atomic E-state index is 3.72. The highest BCUT2D eigenvalue weighted by Gasteiger charge is 2.20. The zero-order valence-electron chi connectivity index (χ0n) is 12.5. The Morgan fingerprint density at radius 3 is 2.29 bits per heavy atom. The molecule has 0 amide bonds. The van der Waals surface area contributed by atoms with Crippen LogP contribution in [0.5, 0.6) is 0 Å². The van der Waals surface area contributed by atoms with E-state index in [9.17, 15) is 0 Å². The third-order valence-electron chi connectivity index (χ3n) is 4.48. The highest BCUT2D eigenvalue weighted by atomic mass is 14.9. The number of hydrogen-bond acceptors (Lipinski definition) is 1. The van der Waals surface area contributed by atoms with Crippen molar-refractivity contribution in [3.63, 3.8) is 0 Å². The standard InChI is InChI=1S/C16H33N/c1-5-12-17-16(13(2)3)11-10-15-8-6-14(4)7-9-15/h13-17H,5-12H2,1-4H3. The van der Waals surface area contributed by atoms with Gasteiger partial charge in [0.25, 0.3) is 0 Å². The largest absolute Gasteiger partial charge is 0.314 e. The monoisotopic (exact) mass is 239 g/mol. The van der Waals surface area contributed by atoms with Crippen LogP contribution in [0, 0.1) is 17.8 Å². The van der Waals surface area contributed by atoms with E-state index in [-0.39, 0.29) is 0 Å². The summed E-state index contributed by atoms with van der Waals surface area (Å²) in [4.78, 5) is 0. The fraction of sp³-hybridized carbons (Fsp3) is 1.00. The van der Waals surface area contributed by atoms with Gasteiger partial charge < -0.3 is 5.32 Å². The summed E-state index contributed by atoms with van der Waals surface area (Å²) in [5.41, 5.74) is 0. The normalized spacial score (nSPS) is 27.4. The maximum Gasteiger partial charge on any atom is 0.00901 e. The summed E-state index contributed by atoms with van der Waals surface area (Å²) in [5, 5.41) is 3.72. The highest BCUT2D eigenvalue weighted by molar-refractivity contribution is 4.75. The van der Waals surface area contributed by atoms with Gasteiger partial charge >= 0.3 is 0 Å². The fourth-order valence-corrected chi connectivity index (χ4v) is 3.03. The van der Waals surface area contributed by atoms with Crippen molar-refractivity contribution < 1.29 is 0 Å². The Balaban J connectivity index is 2.21. The van der Waals surface area contributed by atoms with Crippen molar-refractivity contribution in [1.29, 1.82) is 0 Å². The van der Waals surface area contributed by atoms with Crippen LogP contribution in [-0.2, 0) is 0 Å². The van der Waals surface area contributed by atoms with Crippen molar-refractivity contribution in [3.05, 3.63) is 0 Å². The molecule has 1 aliphatic rings. The minimum Gasteiger partial charge on any atom is -0.314 e. The molecular formula is C16H33N. The first-order valence-corrected chi connectivity index (χ1v) is 7.86. The van der Waals surface area contributed by atoms with Gasteiger partial charge in [-0.05, 0) is 43.6 Å². The minimum absolute atomic E-state index is 0.745. The molecule has 0 saturated heterocycles. The molecule has 0 aromatic rings. The van der Waals surface area contributed by atoms with Crippen molar-refractivity contribution in [2.24, 2.45) is 17.8 Å². The van der Waals surface area contributed by atoms with Crippen molar-refractivity contribution in [2.45, 2.75) is 78.7 Å². The Morgan fingerprint density at radius 2 is 1.76 bits per heavy atom. The molecule has 1 nitrogen and oxygen atoms in total. The summed E-state index contributed by atoms with van der Waals surface area (Å²) < 4.78 is 0. The molecule has 0 radical (unpaired) electrons. The Hall–Kier alpha value is -0.0400. The van der Waals surface area contributed by atoms with Gasteiger partial charge in [0.05, 0.1) is 0 Å². The van der Waals surface area contributed by atoms with Crippen LogP contribution in [0.25, 0.3) is 0 Å². The molecule has 1 aliphatic carbocycles. The summed E-state index contributed by atoms with van der Waals surface area (Å²) in [5.74, 6) is 2.80. The molecule has 0 bridgehead atoms. The van der Waals surface area contributed by atoms with E-state index in [0.29, 0.717) is 0 Å². The van der Waals surface area contributed by atoms with Gasteiger partial charge in [0, 0.05) is 6.04 Å². The van der Waals surface area contributed by atoms with E-state index >= 15 is 0 Å². The van der Waals surface area contributed by atoms with Crippen LogP contribution in [0.15, 0.2) is 0 Å². The molecule has 17 heavy (non-hydrogen) atoms. The van der Waals surface area contributed by atoms with Crippen LogP contribution < -0.4 is 5.32 Å². The number of rotatable bonds is 7. The van der Waals surface area contributed by atoms with Gasteiger partial charge in [0.15, 0.2) is 0 Å². The van der Waals surface area contributed by atoms with Crippen LogP contribution in [0.3, 0.4) is 0 Å². The Labute approximate surface area is 109 Å². The second kappa shape index (κ2) is 8.13. The molecule has 1 atom stereocenters. The summed E-state index contributed by atoms with van der Waals surface area (Å²) in [6.45, 7) is 10.6. The maximum atomic E-state index is 3.72. The van der Waals surface area contributed by atoms with Crippen molar-refractivity contribution in [3.8, 4) is 0 Å². The molecule has 0 aromatic carbocycles. The van der Waals surface area contributed by atoms with E-state index in [1.54, 1.807) is 0 Å². The molecular weight excluding hydrogens is 206 g/mol. The van der Waals surface area contributed by atoms with Crippen LogP contribution in [0.2, 0.25) is 0 Å². The Bertz CT molecular complexity index is 180. The van der Waals surface area contributed by atoms with E-state index in [0.717, 1.165) is 23.8 Å². The summed E-state index contributed by atoms with van der Waals surface area (Å²) >= 11 is 0. The number of hydrogen-bond donors (Lipinski definition) is 1. The van der Waals surface area contributed by atoms with E-state index in [4.69, 9.17) is 0 Å². The fourth-order valence-electron chi connectivity index (χ4n) is 3.03. The van der Waals surface area contributed by atoms with Gasteiger partial charge in [-0.3, -0.25) is 0 Å². The van der Waals surface area contributed by atoms with Gasteiger partial charge in [-0.2, -0.15) is 0 Å². The lowest BCUT2D eigenvalue weighted by molar-refractivity contribution is 0.253. The average molecular weight is 239 g/mol. The molecule has 0 heterocycles. The predicted octanol–water partition coefficient (Wildman–Crippen LogP) is 4.62. The van der Waals surface area contributed by atoms with Gasteiger partial charge in [0.1, 0.15) is 0 Å². The quantitative estimate of drug-likeness (QED) is 0.683. The smallest absolute Gasteiger partial charge is 0.00901 e. The molecule has 1 saturated carbocycles. The summed E-state index contributed by atoms with van der Waals surface area (Å²) in [6.07, 6.45) is 10.0. The van der Waals surface area contributed by atoms with Crippen molar-refractivity contribution in [1.82, 2.24) is 5.32 Å². The molecule has 1 heteroatoms. The van der Waals surface area contributed by atoms with Gasteiger partial charge in [-0.15, -0.1) is 0 Å². The zero-order chi connectivity index (χ0) is 12.7. The third kappa shape index (κ3) is 5.90. The zero-order valence-corrected chi connectivity index (χ0v) is 12.5. The number of nitrogens with one attached hydrogen (secondary N) is 1. The lowest BCUT2D eigenvalue weighted by Gasteiger charge is -2.29. The first kappa shape index (κ1) is 15.0. The molecule has 0 spiro atoms. The molecule has 1 unspecified atom stereocenters.